The van der Waals surface area contributed by atoms with Gasteiger partial charge in [-0.25, -0.2) is 0 Å². The average molecular weight is 222 g/mol. The Balaban J connectivity index is 2.39. The molecule has 6 heteroatoms. The Morgan fingerprint density at radius 2 is 1.93 bits per heavy atom. The van der Waals surface area contributed by atoms with Gasteiger partial charge in [0.15, 0.2) is 0 Å². The van der Waals surface area contributed by atoms with Crippen molar-refractivity contribution < 1.29 is 22.1 Å². The predicted octanol–water partition coefficient (Wildman–Crippen LogP) is 0.447. The van der Waals surface area contributed by atoms with E-state index in [9.17, 15) is 13.2 Å². The Hall–Kier alpha value is -0.620. The highest BCUT2D eigenvalue weighted by molar-refractivity contribution is 7.86. The van der Waals surface area contributed by atoms with Gasteiger partial charge in [0.2, 0.25) is 0 Å². The summed E-state index contributed by atoms with van der Waals surface area (Å²) in [6, 6.07) is 0. The summed E-state index contributed by atoms with van der Waals surface area (Å²) >= 11 is 0. The molecule has 1 aliphatic rings. The minimum atomic E-state index is -3.40. The summed E-state index contributed by atoms with van der Waals surface area (Å²) in [4.78, 5) is 10.7. The zero-order chi connectivity index (χ0) is 11.0. The summed E-state index contributed by atoms with van der Waals surface area (Å²) in [5, 5.41) is 0. The van der Waals surface area contributed by atoms with Crippen LogP contribution in [-0.2, 0) is 23.8 Å². The summed E-state index contributed by atoms with van der Waals surface area (Å²) < 4.78 is 31.2. The molecule has 0 aromatic carbocycles. The monoisotopic (exact) mass is 222 g/mol. The molecule has 1 rings (SSSR count). The highest BCUT2D eigenvalue weighted by Gasteiger charge is 2.45. The maximum atomic E-state index is 10.7. The molecule has 0 amide bonds. The second-order valence-corrected chi connectivity index (χ2v) is 5.47. The van der Waals surface area contributed by atoms with Gasteiger partial charge in [-0.2, -0.15) is 8.42 Å². The van der Waals surface area contributed by atoms with E-state index in [1.54, 1.807) is 6.92 Å². The first kappa shape index (κ1) is 11.5. The summed E-state index contributed by atoms with van der Waals surface area (Å²) in [6.45, 7) is 3.09. The van der Waals surface area contributed by atoms with Gasteiger partial charge < -0.3 is 4.74 Å². The molecule has 1 fully saturated rings. The summed E-state index contributed by atoms with van der Waals surface area (Å²) in [7, 11) is -3.40. The lowest BCUT2D eigenvalue weighted by atomic mass is 9.79. The molecule has 1 saturated carbocycles. The highest BCUT2D eigenvalue weighted by Crippen LogP contribution is 2.38. The van der Waals surface area contributed by atoms with Gasteiger partial charge in [0.05, 0.1) is 12.4 Å². The zero-order valence-corrected chi connectivity index (χ0v) is 9.26. The topological polar surface area (TPSA) is 69.7 Å². The molecule has 1 aliphatic carbocycles. The number of carbonyl (C=O) groups is 1. The molecule has 0 heterocycles. The van der Waals surface area contributed by atoms with Gasteiger partial charge in [0.1, 0.15) is 5.60 Å². The van der Waals surface area contributed by atoms with Crippen LogP contribution in [0.4, 0.5) is 0 Å². The summed E-state index contributed by atoms with van der Waals surface area (Å²) in [6.07, 6.45) is 1.52. The van der Waals surface area contributed by atoms with Crippen molar-refractivity contribution in [3.63, 3.8) is 0 Å². The first-order chi connectivity index (χ1) is 6.20. The average Bonchev–Trinajstić information content (AvgIpc) is 1.76. The molecule has 0 saturated heterocycles. The number of ether oxygens (including phenoxy) is 1. The van der Waals surface area contributed by atoms with E-state index in [-0.39, 0.29) is 12.1 Å². The molecule has 5 nitrogen and oxygen atoms in total. The molecule has 0 aromatic heterocycles. The third-order valence-electron chi connectivity index (χ3n) is 2.02. The number of esters is 1. The van der Waals surface area contributed by atoms with Crippen LogP contribution in [0, 0.1) is 0 Å². The molecule has 0 unspecified atom stereocenters. The minimum absolute atomic E-state index is 0.352. The third kappa shape index (κ3) is 3.26. The largest absolute Gasteiger partial charge is 0.459 e. The maximum Gasteiger partial charge on any atom is 0.303 e. The molecule has 0 N–H and O–H groups in total. The predicted molar refractivity (Wildman–Crippen MR) is 49.1 cm³/mol. The Morgan fingerprint density at radius 1 is 1.43 bits per heavy atom. The number of rotatable bonds is 3. The van der Waals surface area contributed by atoms with E-state index in [2.05, 4.69) is 0 Å². The van der Waals surface area contributed by atoms with Crippen LogP contribution in [0.15, 0.2) is 0 Å². The quantitative estimate of drug-likeness (QED) is 0.512. The first-order valence-electron chi connectivity index (χ1n) is 4.28. The molecule has 0 spiro atoms. The molecule has 0 atom stereocenters. The first-order valence-corrected chi connectivity index (χ1v) is 6.10. The van der Waals surface area contributed by atoms with Gasteiger partial charge in [0.25, 0.3) is 10.1 Å². The van der Waals surface area contributed by atoms with Crippen LogP contribution in [0.1, 0.15) is 26.7 Å². The fraction of sp³-hybridized carbons (Fsp3) is 0.875. The Morgan fingerprint density at radius 3 is 2.29 bits per heavy atom. The molecule has 14 heavy (non-hydrogen) atoms. The number of carbonyl (C=O) groups excluding carboxylic acids is 1. The molecule has 0 aromatic rings. The lowest BCUT2D eigenvalue weighted by Crippen LogP contribution is -2.49. The van der Waals surface area contributed by atoms with E-state index in [0.29, 0.717) is 12.8 Å². The van der Waals surface area contributed by atoms with Crippen LogP contribution >= 0.6 is 0 Å². The van der Waals surface area contributed by atoms with Crippen molar-refractivity contribution in [2.75, 3.05) is 6.26 Å². The summed E-state index contributed by atoms with van der Waals surface area (Å²) in [5.41, 5.74) is -0.554. The molecule has 0 radical (unpaired) electrons. The molecule has 0 aliphatic heterocycles. The minimum Gasteiger partial charge on any atom is -0.459 e. The van der Waals surface area contributed by atoms with E-state index in [0.717, 1.165) is 6.26 Å². The van der Waals surface area contributed by atoms with Crippen molar-refractivity contribution in [3.05, 3.63) is 0 Å². The van der Waals surface area contributed by atoms with Crippen molar-refractivity contribution in [1.82, 2.24) is 0 Å². The van der Waals surface area contributed by atoms with E-state index in [1.165, 1.54) is 6.92 Å². The Labute approximate surface area is 83.5 Å². The fourth-order valence-electron chi connectivity index (χ4n) is 1.65. The van der Waals surface area contributed by atoms with Crippen LogP contribution in [0.3, 0.4) is 0 Å². The highest BCUT2D eigenvalue weighted by atomic mass is 32.2. The van der Waals surface area contributed by atoms with Gasteiger partial charge in [-0.3, -0.25) is 8.98 Å². The second kappa shape index (κ2) is 3.51. The van der Waals surface area contributed by atoms with Crippen molar-refractivity contribution in [3.8, 4) is 0 Å². The van der Waals surface area contributed by atoms with Crippen LogP contribution in [-0.4, -0.2) is 32.3 Å². The van der Waals surface area contributed by atoms with E-state index < -0.39 is 15.7 Å². The summed E-state index contributed by atoms with van der Waals surface area (Å²) in [5.74, 6) is -0.356. The normalized spacial score (nSPS) is 32.1. The Kier molecular flexibility index (Phi) is 2.87. The van der Waals surface area contributed by atoms with Gasteiger partial charge >= 0.3 is 5.97 Å². The third-order valence-corrected chi connectivity index (χ3v) is 2.64. The lowest BCUT2D eigenvalue weighted by molar-refractivity contribution is -0.173. The van der Waals surface area contributed by atoms with E-state index in [1.807, 2.05) is 0 Å². The standard InChI is InChI=1S/C8H14O5S/c1-6(9)12-8(2)4-7(5-8)13-14(3,10)11/h7H,4-5H2,1-3H3. The van der Waals surface area contributed by atoms with Crippen molar-refractivity contribution >= 4 is 16.1 Å². The molecule has 0 bridgehead atoms. The van der Waals surface area contributed by atoms with Crippen LogP contribution < -0.4 is 0 Å². The van der Waals surface area contributed by atoms with Crippen LogP contribution in [0.5, 0.6) is 0 Å². The van der Waals surface area contributed by atoms with Gasteiger partial charge in [0, 0.05) is 19.8 Å². The van der Waals surface area contributed by atoms with Crippen molar-refractivity contribution in [2.45, 2.75) is 38.4 Å². The number of hydrogen-bond donors (Lipinski definition) is 0. The smallest absolute Gasteiger partial charge is 0.303 e. The van der Waals surface area contributed by atoms with E-state index in [4.69, 9.17) is 8.92 Å². The molecular weight excluding hydrogens is 208 g/mol. The van der Waals surface area contributed by atoms with Gasteiger partial charge in [-0.1, -0.05) is 0 Å². The lowest BCUT2D eigenvalue weighted by Gasteiger charge is -2.42. The van der Waals surface area contributed by atoms with Crippen molar-refractivity contribution in [1.29, 1.82) is 0 Å². The van der Waals surface area contributed by atoms with Crippen LogP contribution in [0.25, 0.3) is 0 Å². The SMILES string of the molecule is CC(=O)OC1(C)CC(OS(C)(=O)=O)C1. The van der Waals surface area contributed by atoms with Gasteiger partial charge in [-0.15, -0.1) is 0 Å². The zero-order valence-electron chi connectivity index (χ0n) is 8.44. The fourth-order valence-corrected chi connectivity index (χ4v) is 2.28. The molecular formula is C8H14O5S. The van der Waals surface area contributed by atoms with Crippen molar-refractivity contribution in [2.24, 2.45) is 0 Å². The Bertz CT molecular complexity index is 326. The van der Waals surface area contributed by atoms with E-state index >= 15 is 0 Å². The maximum absolute atomic E-state index is 10.7. The van der Waals surface area contributed by atoms with Crippen LogP contribution in [0.2, 0.25) is 0 Å². The van der Waals surface area contributed by atoms with Gasteiger partial charge in [-0.05, 0) is 6.92 Å². The number of hydrogen-bond acceptors (Lipinski definition) is 5. The second-order valence-electron chi connectivity index (χ2n) is 3.87. The molecule has 82 valence electrons.